The van der Waals surface area contributed by atoms with Gasteiger partial charge in [0.05, 0.1) is 49.1 Å². The molecular formula is C44H34F17N3O8. The molecule has 11 nitrogen and oxygen atoms in total. The summed E-state index contributed by atoms with van der Waals surface area (Å²) in [6.07, 6.45) is -12.5. The van der Waals surface area contributed by atoms with Crippen LogP contribution in [-0.2, 0) is 17.8 Å². The van der Waals surface area contributed by atoms with Crippen molar-refractivity contribution in [2.45, 2.75) is 86.4 Å². The van der Waals surface area contributed by atoms with E-state index >= 15 is 0 Å². The maximum atomic E-state index is 14.9. The molecule has 0 N–H and O–H groups in total. The number of anilines is 1. The number of nitro groups is 1. The molecule has 4 aromatic rings. The van der Waals surface area contributed by atoms with E-state index in [9.17, 15) is 99.1 Å². The summed E-state index contributed by atoms with van der Waals surface area (Å²) in [6, 6.07) is 16.9. The Bertz CT molecular complexity index is 2680. The van der Waals surface area contributed by atoms with Crippen LogP contribution >= 0.6 is 0 Å². The summed E-state index contributed by atoms with van der Waals surface area (Å²) in [5.74, 6) is -61.6. The van der Waals surface area contributed by atoms with Gasteiger partial charge >= 0.3 is 47.6 Å². The molecular weight excluding hydrogens is 1020 g/mol. The molecule has 1 heterocycles. The lowest BCUT2D eigenvalue weighted by Gasteiger charge is -2.42. The Hall–Kier alpha value is -6.90. The Balaban J connectivity index is 1.46. The van der Waals surface area contributed by atoms with Gasteiger partial charge in [-0.25, -0.2) is 4.90 Å². The van der Waals surface area contributed by atoms with Crippen molar-refractivity contribution in [2.75, 3.05) is 25.7 Å². The van der Waals surface area contributed by atoms with Gasteiger partial charge in [-0.15, -0.1) is 0 Å². The van der Waals surface area contributed by atoms with E-state index in [2.05, 4.69) is 0 Å². The second-order valence-electron chi connectivity index (χ2n) is 15.8. The topological polar surface area (TPSA) is 129 Å². The molecule has 1 aliphatic rings. The lowest BCUT2D eigenvalue weighted by atomic mass is 9.88. The van der Waals surface area contributed by atoms with E-state index in [1.54, 1.807) is 37.3 Å². The maximum Gasteiger partial charge on any atom is 0.460 e. The molecule has 392 valence electrons. The van der Waals surface area contributed by atoms with Crippen molar-refractivity contribution < 1.29 is 108 Å². The van der Waals surface area contributed by atoms with E-state index in [4.69, 9.17) is 14.2 Å². The standard InChI is InChI=1S/C44H34F17N3O8/c1-23-14-15-27-30(18-23)63(35(66)26-12-7-8-13-29(26)64(68)69)36(67)31(19-24-10-5-4-6-11-24)62(34(27)65)22-28-32(70-2)20-25(21-33(28)71-3)72-17-9-16-37(45,46)38(47,48)39(49,50)40(51,52)41(53,54)42(55,56)43(57,58)44(59,60)61/h4-8,10-15,18,20-21,31H,9,16-17,19,22H2,1-3H3. The van der Waals surface area contributed by atoms with Crippen molar-refractivity contribution >= 4 is 29.1 Å². The third kappa shape index (κ3) is 9.49. The third-order valence-corrected chi connectivity index (χ3v) is 11.2. The molecule has 4 aromatic carbocycles. The molecule has 0 radical (unpaired) electrons. The molecule has 0 fully saturated rings. The predicted octanol–water partition coefficient (Wildman–Crippen LogP) is 11.5. The molecule has 28 heteroatoms. The van der Waals surface area contributed by atoms with E-state index in [0.717, 1.165) is 43.4 Å². The molecule has 5 rings (SSSR count). The van der Waals surface area contributed by atoms with Crippen LogP contribution in [0.3, 0.4) is 0 Å². The minimum atomic E-state index is -8.76. The van der Waals surface area contributed by atoms with Crippen LogP contribution < -0.4 is 19.1 Å². The number of nitrogens with zero attached hydrogens (tertiary/aromatic N) is 3. The molecule has 0 bridgehead atoms. The number of amides is 3. The van der Waals surface area contributed by atoms with Crippen molar-refractivity contribution in [3.05, 3.63) is 123 Å². The normalized spacial score (nSPS) is 15.5. The van der Waals surface area contributed by atoms with Crippen LogP contribution in [-0.4, -0.2) is 102 Å². The first-order valence-corrected chi connectivity index (χ1v) is 20.2. The number of rotatable bonds is 19. The van der Waals surface area contributed by atoms with Crippen LogP contribution in [0.2, 0.25) is 0 Å². The largest absolute Gasteiger partial charge is 0.496 e. The van der Waals surface area contributed by atoms with Crippen LogP contribution in [0, 0.1) is 17.0 Å². The highest BCUT2D eigenvalue weighted by atomic mass is 19.4. The third-order valence-electron chi connectivity index (χ3n) is 11.2. The molecule has 0 saturated carbocycles. The Morgan fingerprint density at radius 3 is 1.72 bits per heavy atom. The van der Waals surface area contributed by atoms with Crippen molar-refractivity contribution in [1.29, 1.82) is 0 Å². The van der Waals surface area contributed by atoms with Gasteiger partial charge in [0, 0.05) is 31.0 Å². The fourth-order valence-electron chi connectivity index (χ4n) is 7.27. The number of benzene rings is 4. The number of ether oxygens (including phenoxy) is 3. The highest BCUT2D eigenvalue weighted by molar-refractivity contribution is 6.27. The molecule has 0 aromatic heterocycles. The molecule has 0 spiro atoms. The summed E-state index contributed by atoms with van der Waals surface area (Å²) in [5, 5.41) is 12.0. The number of carbonyl (C=O) groups is 3. The average Bonchev–Trinajstić information content (AvgIpc) is 3.38. The number of fused-ring (bicyclic) bond motifs is 1. The number of aryl methyl sites for hydroxylation is 1. The van der Waals surface area contributed by atoms with E-state index in [1.165, 1.54) is 30.3 Å². The van der Waals surface area contributed by atoms with Crippen molar-refractivity contribution in [3.63, 3.8) is 0 Å². The zero-order valence-corrected chi connectivity index (χ0v) is 36.7. The molecule has 1 atom stereocenters. The van der Waals surface area contributed by atoms with Crippen LogP contribution in [0.25, 0.3) is 0 Å². The Kier molecular flexibility index (Phi) is 15.3. The number of para-hydroxylation sites is 1. The van der Waals surface area contributed by atoms with Crippen LogP contribution in [0.4, 0.5) is 86.0 Å². The average molecular weight is 1060 g/mol. The predicted molar refractivity (Wildman–Crippen MR) is 215 cm³/mol. The van der Waals surface area contributed by atoms with Gasteiger partial charge in [-0.1, -0.05) is 48.5 Å². The molecule has 72 heavy (non-hydrogen) atoms. The summed E-state index contributed by atoms with van der Waals surface area (Å²) in [7, 11) is 2.04. The zero-order valence-electron chi connectivity index (χ0n) is 36.7. The van der Waals surface area contributed by atoms with Crippen molar-refractivity contribution in [2.24, 2.45) is 0 Å². The summed E-state index contributed by atoms with van der Waals surface area (Å²) in [4.78, 5) is 56.8. The monoisotopic (exact) mass is 1060 g/mol. The fraction of sp³-hybridized carbons (Fsp3) is 0.386. The smallest absolute Gasteiger partial charge is 0.460 e. The summed E-state index contributed by atoms with van der Waals surface area (Å²) < 4.78 is 250. The Labute approximate surface area is 394 Å². The van der Waals surface area contributed by atoms with E-state index in [1.807, 2.05) is 0 Å². The first kappa shape index (κ1) is 56.0. The van der Waals surface area contributed by atoms with Gasteiger partial charge in [-0.05, 0) is 42.7 Å². The van der Waals surface area contributed by atoms with Crippen LogP contribution in [0.5, 0.6) is 17.2 Å². The highest BCUT2D eigenvalue weighted by Crippen LogP contribution is 2.64. The first-order chi connectivity index (χ1) is 33.1. The lowest BCUT2D eigenvalue weighted by Crippen LogP contribution is -2.74. The molecule has 0 aliphatic carbocycles. The number of hydrogen-bond acceptors (Lipinski definition) is 8. The van der Waals surface area contributed by atoms with Gasteiger partial charge in [0.2, 0.25) is 0 Å². The number of imide groups is 1. The Morgan fingerprint density at radius 2 is 1.19 bits per heavy atom. The number of carbonyl (C=O) groups excluding carboxylic acids is 3. The quantitative estimate of drug-likeness (QED) is 0.0299. The minimum absolute atomic E-state index is 0.108. The van der Waals surface area contributed by atoms with Crippen LogP contribution in [0.15, 0.2) is 84.9 Å². The first-order valence-electron chi connectivity index (χ1n) is 20.2. The number of hydrogen-bond donors (Lipinski definition) is 0. The Morgan fingerprint density at radius 1 is 0.681 bits per heavy atom. The van der Waals surface area contributed by atoms with Gasteiger partial charge in [0.1, 0.15) is 28.9 Å². The fourth-order valence-corrected chi connectivity index (χ4v) is 7.27. The highest BCUT2D eigenvalue weighted by Gasteiger charge is 2.95. The summed E-state index contributed by atoms with van der Waals surface area (Å²) >= 11 is 0. The number of nitro benzene ring substituents is 1. The van der Waals surface area contributed by atoms with Gasteiger partial charge in [-0.3, -0.25) is 24.5 Å². The SMILES string of the molecule is COc1cc(OCCCC(F)(F)C(F)(F)C(F)(F)C(F)(F)C(F)(F)C(F)(F)C(F)(F)C(F)(F)F)cc(OC)c1CN1C(=O)c2ccc(C)cc2N(C(=O)c2ccccc2[N+](=O)[O-])C(=O)C1Cc1ccccc1. The van der Waals surface area contributed by atoms with E-state index in [0.29, 0.717) is 16.0 Å². The molecule has 1 aliphatic heterocycles. The molecule has 1 unspecified atom stereocenters. The number of halogens is 17. The minimum Gasteiger partial charge on any atom is -0.496 e. The maximum absolute atomic E-state index is 14.9. The van der Waals surface area contributed by atoms with Crippen LogP contribution in [0.1, 0.15) is 50.2 Å². The van der Waals surface area contributed by atoms with Gasteiger partial charge < -0.3 is 19.1 Å². The van der Waals surface area contributed by atoms with E-state index in [-0.39, 0.29) is 34.7 Å². The second-order valence-corrected chi connectivity index (χ2v) is 15.8. The van der Waals surface area contributed by atoms with Crippen molar-refractivity contribution in [1.82, 2.24) is 4.90 Å². The van der Waals surface area contributed by atoms with E-state index < -0.39 is 119 Å². The lowest BCUT2D eigenvalue weighted by molar-refractivity contribution is -0.461. The molecule has 0 saturated heterocycles. The van der Waals surface area contributed by atoms with Gasteiger partial charge in [0.25, 0.3) is 23.4 Å². The second kappa shape index (κ2) is 19.6. The van der Waals surface area contributed by atoms with Gasteiger partial charge in [0.15, 0.2) is 0 Å². The summed E-state index contributed by atoms with van der Waals surface area (Å²) in [5.41, 5.74) is -0.964. The number of alkyl halides is 17. The summed E-state index contributed by atoms with van der Waals surface area (Å²) in [6.45, 7) is -0.400. The van der Waals surface area contributed by atoms with Crippen molar-refractivity contribution in [3.8, 4) is 17.2 Å². The number of methoxy groups -OCH3 is 2. The zero-order chi connectivity index (χ0) is 54.4. The molecule has 3 amide bonds. The van der Waals surface area contributed by atoms with Gasteiger partial charge in [-0.2, -0.15) is 74.6 Å².